The number of benzene rings is 1. The van der Waals surface area contributed by atoms with Crippen molar-refractivity contribution in [2.75, 3.05) is 13.2 Å². The third-order valence-corrected chi connectivity index (χ3v) is 3.68. The molecular formula is C17H26N2O2. The number of rotatable bonds is 9. The molecule has 1 saturated carbocycles. The third kappa shape index (κ3) is 5.38. The first kappa shape index (κ1) is 15.8. The van der Waals surface area contributed by atoms with Crippen LogP contribution in [-0.4, -0.2) is 25.1 Å². The maximum absolute atomic E-state index is 11.5. The normalized spacial score (nSPS) is 15.5. The minimum atomic E-state index is 0.0901. The molecule has 0 aromatic heterocycles. The Morgan fingerprint density at radius 1 is 1.29 bits per heavy atom. The van der Waals surface area contributed by atoms with E-state index in [1.165, 1.54) is 5.56 Å². The van der Waals surface area contributed by atoms with Gasteiger partial charge in [0.2, 0.25) is 5.91 Å². The number of ether oxygens (including phenoxy) is 1. The predicted octanol–water partition coefficient (Wildman–Crippen LogP) is 2.79. The van der Waals surface area contributed by atoms with Crippen LogP contribution in [0.5, 0.6) is 5.75 Å². The van der Waals surface area contributed by atoms with Gasteiger partial charge in [0.05, 0.1) is 13.0 Å². The van der Waals surface area contributed by atoms with Crippen LogP contribution in [0.2, 0.25) is 0 Å². The van der Waals surface area contributed by atoms with Gasteiger partial charge in [-0.25, -0.2) is 0 Å². The highest BCUT2D eigenvalue weighted by molar-refractivity contribution is 5.76. The van der Waals surface area contributed by atoms with Crippen LogP contribution in [0.3, 0.4) is 0 Å². The summed E-state index contributed by atoms with van der Waals surface area (Å²) in [6.07, 6.45) is 3.74. The van der Waals surface area contributed by atoms with E-state index in [9.17, 15) is 4.79 Å². The summed E-state index contributed by atoms with van der Waals surface area (Å²) in [6, 6.07) is 8.97. The minimum absolute atomic E-state index is 0.0901. The zero-order valence-electron chi connectivity index (χ0n) is 13.0. The summed E-state index contributed by atoms with van der Waals surface area (Å²) in [5, 5.41) is 6.42. The fourth-order valence-electron chi connectivity index (χ4n) is 2.33. The molecule has 4 nitrogen and oxygen atoms in total. The molecule has 0 heterocycles. The van der Waals surface area contributed by atoms with Gasteiger partial charge in [-0.3, -0.25) is 4.79 Å². The van der Waals surface area contributed by atoms with Gasteiger partial charge in [0, 0.05) is 12.1 Å². The summed E-state index contributed by atoms with van der Waals surface area (Å²) in [4.78, 5) is 11.5. The number of amides is 1. The van der Waals surface area contributed by atoms with E-state index in [2.05, 4.69) is 36.6 Å². The Hall–Kier alpha value is -1.55. The van der Waals surface area contributed by atoms with E-state index in [1.807, 2.05) is 12.1 Å². The van der Waals surface area contributed by atoms with Crippen LogP contribution < -0.4 is 15.4 Å². The van der Waals surface area contributed by atoms with Crippen LogP contribution >= 0.6 is 0 Å². The van der Waals surface area contributed by atoms with Crippen molar-refractivity contribution < 1.29 is 9.53 Å². The summed E-state index contributed by atoms with van der Waals surface area (Å²) in [7, 11) is 0. The molecule has 116 valence electrons. The van der Waals surface area contributed by atoms with Gasteiger partial charge in [0.1, 0.15) is 5.75 Å². The zero-order valence-corrected chi connectivity index (χ0v) is 13.0. The maximum atomic E-state index is 11.5. The molecule has 2 rings (SSSR count). The van der Waals surface area contributed by atoms with E-state index in [1.54, 1.807) is 0 Å². The number of hydrogen-bond acceptors (Lipinski definition) is 3. The van der Waals surface area contributed by atoms with Crippen molar-refractivity contribution in [1.29, 1.82) is 0 Å². The van der Waals surface area contributed by atoms with E-state index >= 15 is 0 Å². The van der Waals surface area contributed by atoms with E-state index < -0.39 is 0 Å². The van der Waals surface area contributed by atoms with Gasteiger partial charge in [0.25, 0.3) is 0 Å². The van der Waals surface area contributed by atoms with Gasteiger partial charge in [-0.15, -0.1) is 0 Å². The van der Waals surface area contributed by atoms with Gasteiger partial charge in [0.15, 0.2) is 0 Å². The summed E-state index contributed by atoms with van der Waals surface area (Å²) >= 11 is 0. The molecule has 1 aliphatic rings. The van der Waals surface area contributed by atoms with Crippen molar-refractivity contribution in [3.05, 3.63) is 29.8 Å². The Bertz CT molecular complexity index is 441. The summed E-state index contributed by atoms with van der Waals surface area (Å²) < 4.78 is 5.63. The molecule has 0 aliphatic heterocycles. The predicted molar refractivity (Wildman–Crippen MR) is 84.4 cm³/mol. The lowest BCUT2D eigenvalue weighted by Gasteiger charge is -2.16. The maximum Gasteiger partial charge on any atom is 0.223 e. The van der Waals surface area contributed by atoms with Gasteiger partial charge < -0.3 is 15.4 Å². The van der Waals surface area contributed by atoms with Crippen molar-refractivity contribution in [3.8, 4) is 5.75 Å². The standard InChI is InChI=1S/C17H26N2O2/c1-3-16(18-4-2)13-5-9-15(10-6-13)21-12-11-17(20)19-14-7-8-14/h5-6,9-10,14,16,18H,3-4,7-8,11-12H2,1-2H3,(H,19,20). The van der Waals surface area contributed by atoms with Crippen LogP contribution in [0.25, 0.3) is 0 Å². The lowest BCUT2D eigenvalue weighted by atomic mass is 10.0. The van der Waals surface area contributed by atoms with Crippen molar-refractivity contribution in [2.45, 2.75) is 51.6 Å². The fraction of sp³-hybridized carbons (Fsp3) is 0.588. The Morgan fingerprint density at radius 3 is 2.57 bits per heavy atom. The van der Waals surface area contributed by atoms with Crippen LogP contribution in [0, 0.1) is 0 Å². The second-order valence-electron chi connectivity index (χ2n) is 5.53. The SMILES string of the molecule is CCNC(CC)c1ccc(OCCC(=O)NC2CC2)cc1. The highest BCUT2D eigenvalue weighted by Crippen LogP contribution is 2.20. The second-order valence-corrected chi connectivity index (χ2v) is 5.53. The summed E-state index contributed by atoms with van der Waals surface area (Å²) in [5.41, 5.74) is 1.28. The third-order valence-electron chi connectivity index (χ3n) is 3.68. The first-order valence-electron chi connectivity index (χ1n) is 7.98. The van der Waals surface area contributed by atoms with Crippen LogP contribution in [0.4, 0.5) is 0 Å². The highest BCUT2D eigenvalue weighted by Gasteiger charge is 2.22. The topological polar surface area (TPSA) is 50.4 Å². The smallest absolute Gasteiger partial charge is 0.223 e. The molecule has 1 unspecified atom stereocenters. The first-order valence-corrected chi connectivity index (χ1v) is 7.98. The first-order chi connectivity index (χ1) is 10.2. The number of carbonyl (C=O) groups is 1. The molecule has 1 fully saturated rings. The van der Waals surface area contributed by atoms with E-state index in [4.69, 9.17) is 4.74 Å². The molecule has 21 heavy (non-hydrogen) atoms. The molecule has 2 N–H and O–H groups in total. The molecule has 4 heteroatoms. The Kier molecular flexibility index (Phi) is 6.05. The van der Waals surface area contributed by atoms with Gasteiger partial charge >= 0.3 is 0 Å². The van der Waals surface area contributed by atoms with Gasteiger partial charge in [-0.05, 0) is 43.5 Å². The molecule has 0 saturated heterocycles. The molecule has 0 bridgehead atoms. The molecule has 1 aliphatic carbocycles. The van der Waals surface area contributed by atoms with Crippen molar-refractivity contribution >= 4 is 5.91 Å². The van der Waals surface area contributed by atoms with Crippen LogP contribution in [-0.2, 0) is 4.79 Å². The monoisotopic (exact) mass is 290 g/mol. The van der Waals surface area contributed by atoms with Crippen LogP contribution in [0.1, 0.15) is 51.1 Å². The van der Waals surface area contributed by atoms with Crippen molar-refractivity contribution in [3.63, 3.8) is 0 Å². The largest absolute Gasteiger partial charge is 0.493 e. The van der Waals surface area contributed by atoms with Gasteiger partial charge in [-0.2, -0.15) is 0 Å². The Labute approximate surface area is 127 Å². The lowest BCUT2D eigenvalue weighted by molar-refractivity contribution is -0.121. The molecule has 1 atom stereocenters. The van der Waals surface area contributed by atoms with E-state index in [-0.39, 0.29) is 5.91 Å². The lowest BCUT2D eigenvalue weighted by Crippen LogP contribution is -2.26. The number of nitrogens with one attached hydrogen (secondary N) is 2. The minimum Gasteiger partial charge on any atom is -0.493 e. The average Bonchev–Trinajstić information content (AvgIpc) is 3.29. The fourth-order valence-corrected chi connectivity index (χ4v) is 2.33. The molecule has 1 amide bonds. The Morgan fingerprint density at radius 2 is 2.00 bits per heavy atom. The van der Waals surface area contributed by atoms with Gasteiger partial charge in [-0.1, -0.05) is 26.0 Å². The van der Waals surface area contributed by atoms with E-state index in [0.29, 0.717) is 25.1 Å². The summed E-state index contributed by atoms with van der Waals surface area (Å²) in [6.45, 7) is 5.69. The van der Waals surface area contributed by atoms with Crippen LogP contribution in [0.15, 0.2) is 24.3 Å². The number of hydrogen-bond donors (Lipinski definition) is 2. The quantitative estimate of drug-likeness (QED) is 0.735. The molecule has 0 spiro atoms. The average molecular weight is 290 g/mol. The van der Waals surface area contributed by atoms with Crippen molar-refractivity contribution in [2.24, 2.45) is 0 Å². The zero-order chi connectivity index (χ0) is 15.1. The Balaban J connectivity index is 1.74. The molecule has 1 aromatic carbocycles. The molecule has 1 aromatic rings. The summed E-state index contributed by atoms with van der Waals surface area (Å²) in [5.74, 6) is 0.914. The number of carbonyl (C=O) groups excluding carboxylic acids is 1. The van der Waals surface area contributed by atoms with Crippen molar-refractivity contribution in [1.82, 2.24) is 10.6 Å². The molecular weight excluding hydrogens is 264 g/mol. The van der Waals surface area contributed by atoms with E-state index in [0.717, 1.165) is 31.6 Å². The highest BCUT2D eigenvalue weighted by atomic mass is 16.5. The second kappa shape index (κ2) is 8.03. The molecule has 0 radical (unpaired) electrons.